The predicted octanol–water partition coefficient (Wildman–Crippen LogP) is 3.73. The van der Waals surface area contributed by atoms with Gasteiger partial charge in [0.2, 0.25) is 0 Å². The minimum atomic E-state index is 0.751. The first kappa shape index (κ1) is 11.4. The zero-order chi connectivity index (χ0) is 10.7. The lowest BCUT2D eigenvalue weighted by atomic mass is 9.79. The van der Waals surface area contributed by atoms with Crippen molar-refractivity contribution in [2.75, 3.05) is 0 Å². The number of rotatable bonds is 4. The van der Waals surface area contributed by atoms with E-state index in [4.69, 9.17) is 0 Å². The molecule has 0 aromatic rings. The molecule has 0 radical (unpaired) electrons. The van der Waals surface area contributed by atoms with Crippen molar-refractivity contribution in [1.29, 1.82) is 0 Å². The molecule has 0 bridgehead atoms. The first-order chi connectivity index (χ1) is 7.27. The van der Waals surface area contributed by atoms with E-state index in [0.717, 1.165) is 23.9 Å². The smallest absolute Gasteiger partial charge is 0.00695 e. The highest BCUT2D eigenvalue weighted by Crippen LogP contribution is 2.31. The number of hydrogen-bond donors (Lipinski definition) is 1. The van der Waals surface area contributed by atoms with Gasteiger partial charge in [-0.15, -0.1) is 0 Å². The quantitative estimate of drug-likeness (QED) is 0.744. The van der Waals surface area contributed by atoms with E-state index < -0.39 is 0 Å². The van der Waals surface area contributed by atoms with Crippen molar-refractivity contribution in [3.63, 3.8) is 0 Å². The molecule has 1 heteroatoms. The summed E-state index contributed by atoms with van der Waals surface area (Å²) in [4.78, 5) is 0. The lowest BCUT2D eigenvalue weighted by molar-refractivity contribution is 0.195. The van der Waals surface area contributed by atoms with Crippen LogP contribution in [0.1, 0.15) is 65.2 Å². The van der Waals surface area contributed by atoms with Crippen LogP contribution < -0.4 is 5.32 Å². The van der Waals surface area contributed by atoms with Crippen molar-refractivity contribution in [2.45, 2.75) is 77.3 Å². The summed E-state index contributed by atoms with van der Waals surface area (Å²) in [6.45, 7) is 4.80. The van der Waals surface area contributed by atoms with E-state index in [-0.39, 0.29) is 0 Å². The molecule has 0 amide bonds. The molecule has 0 saturated heterocycles. The average molecular weight is 209 g/mol. The van der Waals surface area contributed by atoms with Crippen LogP contribution in [-0.4, -0.2) is 12.1 Å². The van der Waals surface area contributed by atoms with Crippen LogP contribution in [0.15, 0.2) is 0 Å². The van der Waals surface area contributed by atoms with E-state index in [1.807, 2.05) is 0 Å². The summed E-state index contributed by atoms with van der Waals surface area (Å²) in [6, 6.07) is 1.51. The second kappa shape index (κ2) is 5.34. The average Bonchev–Trinajstić information content (AvgIpc) is 2.16. The van der Waals surface area contributed by atoms with E-state index >= 15 is 0 Å². The molecule has 2 unspecified atom stereocenters. The van der Waals surface area contributed by atoms with Gasteiger partial charge >= 0.3 is 0 Å². The fraction of sp³-hybridized carbons (Fsp3) is 1.00. The maximum absolute atomic E-state index is 3.85. The Kier molecular flexibility index (Phi) is 4.07. The van der Waals surface area contributed by atoms with Crippen LogP contribution in [0, 0.1) is 11.8 Å². The third-order valence-electron chi connectivity index (χ3n) is 4.74. The highest BCUT2D eigenvalue weighted by molar-refractivity contribution is 4.84. The highest BCUT2D eigenvalue weighted by Gasteiger charge is 2.27. The molecule has 2 atom stereocenters. The monoisotopic (exact) mass is 209 g/mol. The van der Waals surface area contributed by atoms with E-state index in [9.17, 15) is 0 Å². The topological polar surface area (TPSA) is 12.0 Å². The summed E-state index contributed by atoms with van der Waals surface area (Å²) in [5, 5.41) is 3.85. The molecule has 0 aromatic heterocycles. The Morgan fingerprint density at radius 2 is 1.20 bits per heavy atom. The molecule has 0 heterocycles. The third kappa shape index (κ3) is 2.96. The van der Waals surface area contributed by atoms with Gasteiger partial charge in [-0.05, 0) is 51.4 Å². The SMILES string of the molecule is CC(NC(C)C1CCC1)C1CCCCC1. The standard InChI is InChI=1S/C14H27N/c1-11(13-7-4-3-5-8-13)15-12(2)14-9-6-10-14/h11-15H,3-10H2,1-2H3. The predicted molar refractivity (Wildman–Crippen MR) is 66.0 cm³/mol. The van der Waals surface area contributed by atoms with Crippen LogP contribution in [-0.2, 0) is 0 Å². The lowest BCUT2D eigenvalue weighted by Crippen LogP contribution is -2.45. The molecule has 0 spiro atoms. The van der Waals surface area contributed by atoms with Crippen LogP contribution in [0.3, 0.4) is 0 Å². The summed E-state index contributed by atoms with van der Waals surface area (Å²) in [5.74, 6) is 1.94. The van der Waals surface area contributed by atoms with Crippen molar-refractivity contribution in [1.82, 2.24) is 5.32 Å². The van der Waals surface area contributed by atoms with Gasteiger partial charge in [0.15, 0.2) is 0 Å². The highest BCUT2D eigenvalue weighted by atomic mass is 15.0. The molecule has 88 valence electrons. The van der Waals surface area contributed by atoms with Crippen LogP contribution in [0.4, 0.5) is 0 Å². The van der Waals surface area contributed by atoms with Gasteiger partial charge in [-0.2, -0.15) is 0 Å². The Bertz CT molecular complexity index is 180. The Balaban J connectivity index is 1.72. The van der Waals surface area contributed by atoms with Gasteiger partial charge in [-0.25, -0.2) is 0 Å². The van der Waals surface area contributed by atoms with E-state index in [1.165, 1.54) is 51.4 Å². The van der Waals surface area contributed by atoms with Crippen molar-refractivity contribution in [3.05, 3.63) is 0 Å². The molecule has 1 N–H and O–H groups in total. The fourth-order valence-electron chi connectivity index (χ4n) is 3.26. The molecule has 1 nitrogen and oxygen atoms in total. The molecule has 2 aliphatic rings. The van der Waals surface area contributed by atoms with Crippen molar-refractivity contribution >= 4 is 0 Å². The summed E-state index contributed by atoms with van der Waals surface area (Å²) >= 11 is 0. The first-order valence-corrected chi connectivity index (χ1v) is 7.03. The lowest BCUT2D eigenvalue weighted by Gasteiger charge is -2.37. The molecular formula is C14H27N. The molecule has 2 rings (SSSR count). The summed E-state index contributed by atoms with van der Waals surface area (Å²) in [5.41, 5.74) is 0. The Morgan fingerprint density at radius 3 is 1.60 bits per heavy atom. The Hall–Kier alpha value is -0.0400. The normalized spacial score (nSPS) is 28.4. The van der Waals surface area contributed by atoms with Crippen molar-refractivity contribution in [2.24, 2.45) is 11.8 Å². The summed E-state index contributed by atoms with van der Waals surface area (Å²) in [7, 11) is 0. The molecule has 2 saturated carbocycles. The molecule has 0 aliphatic heterocycles. The minimum Gasteiger partial charge on any atom is -0.311 e. The van der Waals surface area contributed by atoms with Crippen LogP contribution >= 0.6 is 0 Å². The molecule has 2 fully saturated rings. The van der Waals surface area contributed by atoms with Gasteiger partial charge in [0.25, 0.3) is 0 Å². The molecule has 0 aromatic carbocycles. The zero-order valence-corrected chi connectivity index (χ0v) is 10.5. The minimum absolute atomic E-state index is 0.751. The van der Waals surface area contributed by atoms with Gasteiger partial charge in [0.1, 0.15) is 0 Å². The number of nitrogens with one attached hydrogen (secondary N) is 1. The second-order valence-corrected chi connectivity index (χ2v) is 5.83. The second-order valence-electron chi connectivity index (χ2n) is 5.83. The number of hydrogen-bond acceptors (Lipinski definition) is 1. The van der Waals surface area contributed by atoms with Crippen LogP contribution in [0.25, 0.3) is 0 Å². The van der Waals surface area contributed by atoms with Crippen LogP contribution in [0.5, 0.6) is 0 Å². The van der Waals surface area contributed by atoms with Crippen molar-refractivity contribution < 1.29 is 0 Å². The Labute approximate surface area is 95.0 Å². The molecular weight excluding hydrogens is 182 g/mol. The van der Waals surface area contributed by atoms with Gasteiger partial charge < -0.3 is 5.32 Å². The zero-order valence-electron chi connectivity index (χ0n) is 10.5. The van der Waals surface area contributed by atoms with Gasteiger partial charge in [-0.1, -0.05) is 25.7 Å². The molecule has 2 aliphatic carbocycles. The van der Waals surface area contributed by atoms with E-state index in [1.54, 1.807) is 0 Å². The van der Waals surface area contributed by atoms with Crippen molar-refractivity contribution in [3.8, 4) is 0 Å². The third-order valence-corrected chi connectivity index (χ3v) is 4.74. The van der Waals surface area contributed by atoms with E-state index in [2.05, 4.69) is 19.2 Å². The van der Waals surface area contributed by atoms with Crippen LogP contribution in [0.2, 0.25) is 0 Å². The van der Waals surface area contributed by atoms with Gasteiger partial charge in [0.05, 0.1) is 0 Å². The van der Waals surface area contributed by atoms with Gasteiger partial charge in [0, 0.05) is 12.1 Å². The fourth-order valence-corrected chi connectivity index (χ4v) is 3.26. The maximum atomic E-state index is 3.85. The van der Waals surface area contributed by atoms with Gasteiger partial charge in [-0.3, -0.25) is 0 Å². The maximum Gasteiger partial charge on any atom is 0.00695 e. The summed E-state index contributed by atoms with van der Waals surface area (Å²) < 4.78 is 0. The molecule has 15 heavy (non-hydrogen) atoms. The summed E-state index contributed by atoms with van der Waals surface area (Å²) in [6.07, 6.45) is 11.7. The Morgan fingerprint density at radius 1 is 0.733 bits per heavy atom. The largest absolute Gasteiger partial charge is 0.311 e. The first-order valence-electron chi connectivity index (χ1n) is 7.03. The van der Waals surface area contributed by atoms with E-state index in [0.29, 0.717) is 0 Å².